The molecule has 0 saturated carbocycles. The summed E-state index contributed by atoms with van der Waals surface area (Å²) in [7, 11) is 0. The number of nitrogens with one attached hydrogen (secondary N) is 1. The Hall–Kier alpha value is -2.30. The van der Waals surface area contributed by atoms with Gasteiger partial charge in [-0.05, 0) is 55.4 Å². The summed E-state index contributed by atoms with van der Waals surface area (Å²) in [6, 6.07) is 5.96. The fraction of sp³-hybridized carbons (Fsp3) is 0.500. The number of allylic oxidation sites excluding steroid dienone is 2. The minimum Gasteiger partial charge on any atom is -0.491 e. The van der Waals surface area contributed by atoms with E-state index in [4.69, 9.17) is 4.74 Å². The lowest BCUT2D eigenvalue weighted by Gasteiger charge is -2.23. The second-order valence-electron chi connectivity index (χ2n) is 7.06. The van der Waals surface area contributed by atoms with Gasteiger partial charge in [0, 0.05) is 18.5 Å². The number of hydrogen-bond acceptors (Lipinski definition) is 3. The number of carbonyl (C=O) groups is 2. The van der Waals surface area contributed by atoms with Gasteiger partial charge in [-0.1, -0.05) is 12.1 Å². The highest BCUT2D eigenvalue weighted by atomic mass is 16.5. The van der Waals surface area contributed by atoms with Crippen LogP contribution in [0.1, 0.15) is 49.7 Å². The van der Waals surface area contributed by atoms with Crippen LogP contribution in [0.25, 0.3) is 5.57 Å². The Morgan fingerprint density at radius 1 is 1.24 bits per heavy atom. The van der Waals surface area contributed by atoms with Gasteiger partial charge in [0.1, 0.15) is 18.4 Å². The molecule has 1 fully saturated rings. The molecule has 132 valence electrons. The molecule has 1 atom stereocenters. The van der Waals surface area contributed by atoms with Crippen molar-refractivity contribution in [2.24, 2.45) is 0 Å². The lowest BCUT2D eigenvalue weighted by Crippen LogP contribution is -2.44. The Morgan fingerprint density at radius 2 is 2.16 bits per heavy atom. The molecular formula is C20H24N2O3. The van der Waals surface area contributed by atoms with E-state index in [1.807, 2.05) is 11.0 Å². The summed E-state index contributed by atoms with van der Waals surface area (Å²) in [4.78, 5) is 26.0. The number of amides is 2. The van der Waals surface area contributed by atoms with Gasteiger partial charge < -0.3 is 15.0 Å². The average molecular weight is 340 g/mol. The molecule has 0 unspecified atom stereocenters. The zero-order valence-electron chi connectivity index (χ0n) is 14.4. The smallest absolute Gasteiger partial charge is 0.245 e. The number of ether oxygens (including phenoxy) is 1. The number of benzene rings is 1. The number of carbonyl (C=O) groups excluding carboxylic acids is 2. The van der Waals surface area contributed by atoms with Crippen molar-refractivity contribution in [2.45, 2.75) is 51.1 Å². The normalized spacial score (nSPS) is 23.2. The van der Waals surface area contributed by atoms with E-state index in [-0.39, 0.29) is 17.9 Å². The van der Waals surface area contributed by atoms with Gasteiger partial charge in [0.25, 0.3) is 0 Å². The van der Waals surface area contributed by atoms with Crippen molar-refractivity contribution in [1.29, 1.82) is 0 Å². The van der Waals surface area contributed by atoms with E-state index in [9.17, 15) is 9.59 Å². The van der Waals surface area contributed by atoms with Gasteiger partial charge in [-0.15, -0.1) is 0 Å². The molecule has 1 aromatic carbocycles. The van der Waals surface area contributed by atoms with Crippen molar-refractivity contribution in [3.63, 3.8) is 0 Å². The van der Waals surface area contributed by atoms with Gasteiger partial charge >= 0.3 is 0 Å². The number of rotatable bonds is 2. The average Bonchev–Trinajstić information content (AvgIpc) is 2.97. The summed E-state index contributed by atoms with van der Waals surface area (Å²) < 4.78 is 5.85. The van der Waals surface area contributed by atoms with Gasteiger partial charge in [-0.2, -0.15) is 0 Å². The second-order valence-corrected chi connectivity index (χ2v) is 7.06. The summed E-state index contributed by atoms with van der Waals surface area (Å²) in [5, 5.41) is 2.78. The molecule has 1 aromatic rings. The first-order valence-corrected chi connectivity index (χ1v) is 9.24. The van der Waals surface area contributed by atoms with Crippen molar-refractivity contribution in [3.05, 3.63) is 35.4 Å². The van der Waals surface area contributed by atoms with Gasteiger partial charge in [0.15, 0.2) is 0 Å². The molecule has 25 heavy (non-hydrogen) atoms. The predicted octanol–water partition coefficient (Wildman–Crippen LogP) is 2.64. The van der Waals surface area contributed by atoms with Gasteiger partial charge in [-0.25, -0.2) is 0 Å². The quantitative estimate of drug-likeness (QED) is 0.900. The van der Waals surface area contributed by atoms with E-state index in [2.05, 4.69) is 23.5 Å². The van der Waals surface area contributed by atoms with Crippen LogP contribution in [0.15, 0.2) is 24.3 Å². The topological polar surface area (TPSA) is 58.6 Å². The molecule has 2 aliphatic heterocycles. The molecule has 2 heterocycles. The summed E-state index contributed by atoms with van der Waals surface area (Å²) >= 11 is 0. The van der Waals surface area contributed by atoms with Crippen LogP contribution >= 0.6 is 0 Å². The lowest BCUT2D eigenvalue weighted by atomic mass is 9.92. The molecule has 5 nitrogen and oxygen atoms in total. The van der Waals surface area contributed by atoms with Crippen LogP contribution in [0.4, 0.5) is 0 Å². The summed E-state index contributed by atoms with van der Waals surface area (Å²) in [6.45, 7) is 1.58. The first-order chi connectivity index (χ1) is 12.2. The molecule has 1 N–H and O–H groups in total. The van der Waals surface area contributed by atoms with Crippen LogP contribution in [-0.2, 0) is 16.1 Å². The molecule has 3 aliphatic rings. The second kappa shape index (κ2) is 6.90. The van der Waals surface area contributed by atoms with E-state index in [1.165, 1.54) is 24.0 Å². The maximum absolute atomic E-state index is 12.7. The molecule has 4 rings (SSSR count). The summed E-state index contributed by atoms with van der Waals surface area (Å²) in [6.07, 6.45) is 8.15. The first-order valence-electron chi connectivity index (χ1n) is 9.24. The monoisotopic (exact) mass is 340 g/mol. The molecule has 0 spiro atoms. The van der Waals surface area contributed by atoms with Crippen molar-refractivity contribution in [2.75, 3.05) is 13.2 Å². The van der Waals surface area contributed by atoms with Crippen LogP contribution in [0.2, 0.25) is 0 Å². The van der Waals surface area contributed by atoms with Crippen LogP contribution in [0.5, 0.6) is 5.75 Å². The fourth-order valence-corrected chi connectivity index (χ4v) is 3.90. The number of hydrogen-bond donors (Lipinski definition) is 1. The third-order valence-electron chi connectivity index (χ3n) is 5.31. The van der Waals surface area contributed by atoms with E-state index in [1.54, 1.807) is 0 Å². The number of fused-ring (bicyclic) bond motifs is 1. The summed E-state index contributed by atoms with van der Waals surface area (Å²) in [5.74, 6) is 0.840. The molecule has 2 amide bonds. The van der Waals surface area contributed by atoms with Gasteiger partial charge in [0.05, 0.1) is 6.54 Å². The molecule has 0 bridgehead atoms. The minimum absolute atomic E-state index is 0.00425. The Labute approximate surface area is 148 Å². The van der Waals surface area contributed by atoms with E-state index < -0.39 is 0 Å². The molecule has 5 heteroatoms. The fourth-order valence-electron chi connectivity index (χ4n) is 3.90. The van der Waals surface area contributed by atoms with Crippen molar-refractivity contribution >= 4 is 17.4 Å². The van der Waals surface area contributed by atoms with Crippen LogP contribution < -0.4 is 10.1 Å². The Bertz CT molecular complexity index is 726. The van der Waals surface area contributed by atoms with Crippen molar-refractivity contribution < 1.29 is 14.3 Å². The van der Waals surface area contributed by atoms with E-state index in [0.717, 1.165) is 24.2 Å². The zero-order valence-corrected chi connectivity index (χ0v) is 14.4. The highest BCUT2D eigenvalue weighted by Gasteiger charge is 2.32. The largest absolute Gasteiger partial charge is 0.491 e. The highest BCUT2D eigenvalue weighted by Crippen LogP contribution is 2.32. The Morgan fingerprint density at radius 3 is 2.92 bits per heavy atom. The Balaban J connectivity index is 1.55. The predicted molar refractivity (Wildman–Crippen MR) is 95.0 cm³/mol. The third-order valence-corrected chi connectivity index (χ3v) is 5.31. The maximum atomic E-state index is 12.7. The molecule has 0 aromatic heterocycles. The van der Waals surface area contributed by atoms with Gasteiger partial charge in [-0.3, -0.25) is 9.59 Å². The summed E-state index contributed by atoms with van der Waals surface area (Å²) in [5.41, 5.74) is 3.70. The van der Waals surface area contributed by atoms with Crippen LogP contribution in [0.3, 0.4) is 0 Å². The number of nitrogens with zero attached hydrogens (tertiary/aromatic N) is 1. The first kappa shape index (κ1) is 16.2. The molecular weight excluding hydrogens is 316 g/mol. The SMILES string of the molecule is O=C1CC[C@@H](C(=O)N2CCOc3ccc(C4=CCCCC4)cc3C2)N1. The standard InChI is InChI=1S/C20H24N2O3/c23-19-9-7-17(21-19)20(24)22-10-11-25-18-8-6-15(12-16(18)13-22)14-4-2-1-3-5-14/h4,6,8,12,17H,1-3,5,7,9-11,13H2,(H,21,23)/t17-/m0/s1. The lowest BCUT2D eigenvalue weighted by molar-refractivity contribution is -0.135. The van der Waals surface area contributed by atoms with Crippen molar-refractivity contribution in [3.8, 4) is 5.75 Å². The van der Waals surface area contributed by atoms with Crippen LogP contribution in [0, 0.1) is 0 Å². The van der Waals surface area contributed by atoms with Crippen molar-refractivity contribution in [1.82, 2.24) is 10.2 Å². The maximum Gasteiger partial charge on any atom is 0.245 e. The van der Waals surface area contributed by atoms with E-state index >= 15 is 0 Å². The molecule has 1 aliphatic carbocycles. The molecule has 1 saturated heterocycles. The third kappa shape index (κ3) is 3.41. The van der Waals surface area contributed by atoms with Crippen LogP contribution in [-0.4, -0.2) is 35.9 Å². The molecule has 0 radical (unpaired) electrons. The van der Waals surface area contributed by atoms with E-state index in [0.29, 0.717) is 32.5 Å². The minimum atomic E-state index is -0.377. The highest BCUT2D eigenvalue weighted by molar-refractivity contribution is 5.90. The zero-order chi connectivity index (χ0) is 17.2. The van der Waals surface area contributed by atoms with Gasteiger partial charge in [0.2, 0.25) is 11.8 Å². The Kier molecular flexibility index (Phi) is 4.47.